The van der Waals surface area contributed by atoms with Crippen LogP contribution in [0.5, 0.6) is 0 Å². The second-order valence-corrected chi connectivity index (χ2v) is 3.59. The predicted molar refractivity (Wildman–Crippen MR) is 56.2 cm³/mol. The van der Waals surface area contributed by atoms with Gasteiger partial charge in [0.05, 0.1) is 0 Å². The van der Waals surface area contributed by atoms with Crippen molar-refractivity contribution in [2.24, 2.45) is 0 Å². The Morgan fingerprint density at radius 2 is 2.06 bits per heavy atom. The van der Waals surface area contributed by atoms with Crippen molar-refractivity contribution in [2.75, 3.05) is 0 Å². The van der Waals surface area contributed by atoms with Crippen molar-refractivity contribution in [1.29, 1.82) is 0 Å². The van der Waals surface area contributed by atoms with Gasteiger partial charge in [0.25, 0.3) is 0 Å². The molecule has 0 unspecified atom stereocenters. The summed E-state index contributed by atoms with van der Waals surface area (Å²) in [5.41, 5.74) is 2.27. The summed E-state index contributed by atoms with van der Waals surface area (Å²) in [6.45, 7) is 0. The normalized spacial score (nSPS) is 10.0. The summed E-state index contributed by atoms with van der Waals surface area (Å²) in [5.74, 6) is -0.977. The summed E-state index contributed by atoms with van der Waals surface area (Å²) in [6, 6.07) is 8.01. The maximum Gasteiger partial charge on any atom is 1.00 e. The molecule has 0 bridgehead atoms. The van der Waals surface area contributed by atoms with E-state index < -0.39 is 5.97 Å². The number of hydrogen-bond acceptors (Lipinski definition) is 2. The molecule has 0 saturated heterocycles. The van der Waals surface area contributed by atoms with E-state index in [4.69, 9.17) is 0 Å². The third kappa shape index (κ3) is 3.11. The minimum atomic E-state index is -0.977. The average Bonchev–Trinajstić information content (AvgIpc) is 2.62. The van der Waals surface area contributed by atoms with Crippen molar-refractivity contribution in [3.05, 3.63) is 36.0 Å². The molecule has 4 heteroatoms. The molecule has 1 N–H and O–H groups in total. The van der Waals surface area contributed by atoms with E-state index in [2.05, 4.69) is 4.98 Å². The summed E-state index contributed by atoms with van der Waals surface area (Å²) in [6.07, 6.45) is 3.47. The molecule has 1 aromatic heterocycles. The predicted octanol–water partition coefficient (Wildman–Crippen LogP) is -1.76. The van der Waals surface area contributed by atoms with Crippen LogP contribution in [0, 0.1) is 0 Å². The van der Waals surface area contributed by atoms with E-state index in [1.807, 2.05) is 30.5 Å². The first-order valence-corrected chi connectivity index (χ1v) is 5.02. The Morgan fingerprint density at radius 3 is 2.81 bits per heavy atom. The van der Waals surface area contributed by atoms with Crippen molar-refractivity contribution in [1.82, 2.24) is 4.98 Å². The van der Waals surface area contributed by atoms with Gasteiger partial charge in [-0.15, -0.1) is 0 Å². The molecule has 2 aromatic rings. The van der Waals surface area contributed by atoms with Crippen LogP contribution in [-0.2, 0) is 11.2 Å². The van der Waals surface area contributed by atoms with Gasteiger partial charge in [-0.2, -0.15) is 0 Å². The zero-order valence-electron chi connectivity index (χ0n) is 9.32. The maximum atomic E-state index is 10.3. The number of H-pyrrole nitrogens is 1. The van der Waals surface area contributed by atoms with Crippen LogP contribution in [0.4, 0.5) is 0 Å². The van der Waals surface area contributed by atoms with E-state index in [0.29, 0.717) is 6.42 Å². The van der Waals surface area contributed by atoms with E-state index in [9.17, 15) is 9.90 Å². The molecule has 78 valence electrons. The topological polar surface area (TPSA) is 55.9 Å². The minimum Gasteiger partial charge on any atom is -0.550 e. The molecule has 0 atom stereocenters. The molecule has 1 heterocycles. The smallest absolute Gasteiger partial charge is 0.550 e. The molecular formula is C12H12NNaO2. The summed E-state index contributed by atoms with van der Waals surface area (Å²) < 4.78 is 0. The van der Waals surface area contributed by atoms with Crippen LogP contribution in [0.1, 0.15) is 18.4 Å². The van der Waals surface area contributed by atoms with Gasteiger partial charge < -0.3 is 14.9 Å². The Morgan fingerprint density at radius 1 is 1.31 bits per heavy atom. The number of carbonyl (C=O) groups excluding carboxylic acids is 1. The molecule has 3 nitrogen and oxygen atoms in total. The number of aliphatic carboxylic acids is 1. The number of carbonyl (C=O) groups is 1. The number of nitrogens with one attached hydrogen (secondary N) is 1. The van der Waals surface area contributed by atoms with Crippen LogP contribution in [-0.4, -0.2) is 11.0 Å². The number of aromatic amines is 1. The molecule has 0 amide bonds. The van der Waals surface area contributed by atoms with Gasteiger partial charge in [-0.1, -0.05) is 18.2 Å². The minimum absolute atomic E-state index is 0. The zero-order chi connectivity index (χ0) is 10.7. The third-order valence-electron chi connectivity index (χ3n) is 2.50. The zero-order valence-corrected chi connectivity index (χ0v) is 11.3. The van der Waals surface area contributed by atoms with Crippen LogP contribution in [0.25, 0.3) is 10.9 Å². The van der Waals surface area contributed by atoms with Crippen LogP contribution in [0.15, 0.2) is 30.5 Å². The monoisotopic (exact) mass is 225 g/mol. The summed E-state index contributed by atoms with van der Waals surface area (Å²) in [7, 11) is 0. The Labute approximate surface area is 116 Å². The second-order valence-electron chi connectivity index (χ2n) is 3.59. The standard InChI is InChI=1S/C12H13NO2.Na/c14-12(15)7-3-4-9-8-13-11-6-2-1-5-10(9)11;/h1-2,5-6,8,13H,3-4,7H2,(H,14,15);/q;+1/p-1. The Hall–Kier alpha value is -0.770. The molecule has 16 heavy (non-hydrogen) atoms. The molecule has 0 fully saturated rings. The molecule has 0 aliphatic heterocycles. The molecule has 0 radical (unpaired) electrons. The quantitative estimate of drug-likeness (QED) is 0.627. The van der Waals surface area contributed by atoms with Crippen LogP contribution >= 0.6 is 0 Å². The van der Waals surface area contributed by atoms with Gasteiger partial charge in [-0.3, -0.25) is 0 Å². The number of carboxylic acid groups (broad SMARTS) is 1. The molecule has 1 aromatic carbocycles. The number of rotatable bonds is 4. The number of aryl methyl sites for hydroxylation is 1. The molecule has 2 rings (SSSR count). The Balaban J connectivity index is 0.00000128. The summed E-state index contributed by atoms with van der Waals surface area (Å²) in [5, 5.41) is 11.4. The van der Waals surface area contributed by atoms with E-state index >= 15 is 0 Å². The first kappa shape index (κ1) is 13.3. The van der Waals surface area contributed by atoms with Crippen molar-refractivity contribution < 1.29 is 39.5 Å². The Bertz CT molecular complexity index is 479. The van der Waals surface area contributed by atoms with Crippen molar-refractivity contribution >= 4 is 16.9 Å². The molecule has 0 spiro atoms. The third-order valence-corrected chi connectivity index (χ3v) is 2.50. The van der Waals surface area contributed by atoms with Crippen molar-refractivity contribution in [3.63, 3.8) is 0 Å². The van der Waals surface area contributed by atoms with Gasteiger partial charge in [0.15, 0.2) is 0 Å². The van der Waals surface area contributed by atoms with Crippen molar-refractivity contribution in [3.8, 4) is 0 Å². The number of hydrogen-bond donors (Lipinski definition) is 1. The first-order valence-electron chi connectivity index (χ1n) is 5.02. The summed E-state index contributed by atoms with van der Waals surface area (Å²) >= 11 is 0. The van der Waals surface area contributed by atoms with Crippen molar-refractivity contribution in [2.45, 2.75) is 19.3 Å². The fraction of sp³-hybridized carbons (Fsp3) is 0.250. The average molecular weight is 225 g/mol. The van der Waals surface area contributed by atoms with Crippen LogP contribution < -0.4 is 34.7 Å². The first-order chi connectivity index (χ1) is 7.27. The SMILES string of the molecule is O=C([O-])CCCc1c[nH]c2ccccc12.[Na+]. The molecular weight excluding hydrogens is 213 g/mol. The molecule has 0 aliphatic rings. The van der Waals surface area contributed by atoms with Gasteiger partial charge in [0, 0.05) is 23.1 Å². The van der Waals surface area contributed by atoms with Crippen LogP contribution in [0.3, 0.4) is 0 Å². The number of aromatic nitrogens is 1. The van der Waals surface area contributed by atoms with E-state index in [1.165, 1.54) is 10.9 Å². The number of fused-ring (bicyclic) bond motifs is 1. The maximum absolute atomic E-state index is 10.3. The summed E-state index contributed by atoms with van der Waals surface area (Å²) in [4.78, 5) is 13.4. The molecule has 0 saturated carbocycles. The van der Waals surface area contributed by atoms with Crippen LogP contribution in [0.2, 0.25) is 0 Å². The Kier molecular flexibility index (Phi) is 5.06. The van der Waals surface area contributed by atoms with E-state index in [0.717, 1.165) is 11.9 Å². The second kappa shape index (κ2) is 6.09. The van der Waals surface area contributed by atoms with Gasteiger partial charge in [0.1, 0.15) is 0 Å². The number of carboxylic acids is 1. The van der Waals surface area contributed by atoms with E-state index in [-0.39, 0.29) is 36.0 Å². The number of benzene rings is 1. The molecule has 0 aliphatic carbocycles. The van der Waals surface area contributed by atoms with Gasteiger partial charge >= 0.3 is 29.6 Å². The van der Waals surface area contributed by atoms with Gasteiger partial charge in [-0.25, -0.2) is 0 Å². The van der Waals surface area contributed by atoms with E-state index in [1.54, 1.807) is 0 Å². The fourth-order valence-electron chi connectivity index (χ4n) is 1.76. The largest absolute Gasteiger partial charge is 1.00 e. The van der Waals surface area contributed by atoms with Gasteiger partial charge in [0.2, 0.25) is 0 Å². The number of para-hydroxylation sites is 1. The van der Waals surface area contributed by atoms with Gasteiger partial charge in [-0.05, 0) is 30.9 Å². The fourth-order valence-corrected chi connectivity index (χ4v) is 1.76.